The van der Waals surface area contributed by atoms with Gasteiger partial charge < -0.3 is 10.2 Å². The second-order valence-corrected chi connectivity index (χ2v) is 5.85. The van der Waals surface area contributed by atoms with Crippen LogP contribution in [0.15, 0.2) is 60.3 Å². The van der Waals surface area contributed by atoms with E-state index in [0.717, 1.165) is 11.3 Å². The summed E-state index contributed by atoms with van der Waals surface area (Å²) in [7, 11) is 1.62. The Bertz CT molecular complexity index is 820. The van der Waals surface area contributed by atoms with Gasteiger partial charge in [0.05, 0.1) is 13.2 Å². The third kappa shape index (κ3) is 2.21. The number of nitrogens with one attached hydrogen (secondary N) is 2. The molecule has 1 heterocycles. The van der Waals surface area contributed by atoms with Crippen molar-refractivity contribution < 1.29 is 14.3 Å². The lowest BCUT2D eigenvalue weighted by molar-refractivity contribution is 0.0859. The number of fused-ring (bicyclic) bond motifs is 1. The van der Waals surface area contributed by atoms with Crippen molar-refractivity contribution in [3.8, 4) is 5.75 Å². The predicted octanol–water partition coefficient (Wildman–Crippen LogP) is 2.42. The Hall–Kier alpha value is -2.92. The zero-order valence-corrected chi connectivity index (χ0v) is 13.1. The van der Waals surface area contributed by atoms with Gasteiger partial charge in [-0.2, -0.15) is 0 Å². The van der Waals surface area contributed by atoms with Gasteiger partial charge in [-0.25, -0.2) is 5.43 Å². The van der Waals surface area contributed by atoms with Gasteiger partial charge in [0, 0.05) is 16.8 Å². The molecule has 0 bridgehead atoms. The van der Waals surface area contributed by atoms with Crippen LogP contribution in [-0.4, -0.2) is 18.7 Å². The number of hydrogen-bond donors (Lipinski definition) is 2. The molecule has 0 saturated carbocycles. The number of Topliss-reactive ketones (excluding diaryl/α,β-unsaturated/α-hetero) is 2. The van der Waals surface area contributed by atoms with Gasteiger partial charge in [-0.15, -0.1) is 0 Å². The van der Waals surface area contributed by atoms with E-state index in [0.29, 0.717) is 16.8 Å². The number of carbonyl (C=O) groups excluding carboxylic acids is 2. The largest absolute Gasteiger partial charge is 0.497 e. The molecule has 0 fully saturated rings. The quantitative estimate of drug-likeness (QED) is 0.850. The number of ketones is 2. The maximum absolute atomic E-state index is 12.6. The summed E-state index contributed by atoms with van der Waals surface area (Å²) in [5.74, 6) is -0.290. The van der Waals surface area contributed by atoms with Crippen molar-refractivity contribution >= 4 is 11.6 Å². The van der Waals surface area contributed by atoms with Gasteiger partial charge in [0.15, 0.2) is 11.6 Å². The fourth-order valence-corrected chi connectivity index (χ4v) is 3.21. The van der Waals surface area contributed by atoms with E-state index in [9.17, 15) is 9.59 Å². The first-order chi connectivity index (χ1) is 11.7. The van der Waals surface area contributed by atoms with Crippen molar-refractivity contribution in [1.29, 1.82) is 0 Å². The fraction of sp³-hybridized carbons (Fsp3) is 0.158. The van der Waals surface area contributed by atoms with Crippen LogP contribution < -0.4 is 15.6 Å². The molecule has 24 heavy (non-hydrogen) atoms. The van der Waals surface area contributed by atoms with Crippen molar-refractivity contribution in [2.75, 3.05) is 7.11 Å². The second kappa shape index (κ2) is 5.62. The van der Waals surface area contributed by atoms with Crippen LogP contribution in [0, 0.1) is 5.92 Å². The minimum atomic E-state index is -0.779. The molecule has 2 aromatic rings. The Morgan fingerprint density at radius 2 is 1.54 bits per heavy atom. The number of carbonyl (C=O) groups is 2. The minimum Gasteiger partial charge on any atom is -0.497 e. The van der Waals surface area contributed by atoms with Crippen LogP contribution in [0.5, 0.6) is 5.75 Å². The molecule has 5 nitrogen and oxygen atoms in total. The smallest absolute Gasteiger partial charge is 0.180 e. The number of allylic oxidation sites excluding steroid dienone is 1. The summed E-state index contributed by atoms with van der Waals surface area (Å²) in [5, 5.41) is 0. The van der Waals surface area contributed by atoms with Gasteiger partial charge in [0.1, 0.15) is 11.7 Å². The van der Waals surface area contributed by atoms with Gasteiger partial charge in [-0.05, 0) is 23.8 Å². The summed E-state index contributed by atoms with van der Waals surface area (Å²) in [4.78, 5) is 25.1. The molecule has 2 N–H and O–H groups in total. The minimum absolute atomic E-state index is 0.102. The highest BCUT2D eigenvalue weighted by atomic mass is 16.5. The Balaban J connectivity index is 1.62. The molecule has 120 valence electrons. The van der Waals surface area contributed by atoms with Crippen molar-refractivity contribution in [2.45, 2.75) is 6.04 Å². The van der Waals surface area contributed by atoms with Crippen LogP contribution in [-0.2, 0) is 0 Å². The standard InChI is InChI=1S/C19H16N2O3/c1-24-12-8-6-11(7-9-12)15-10-16(21-20-15)17-18(22)13-4-2-3-5-14(13)19(17)23/h2-10,15,17,20-21H,1H3. The number of rotatable bonds is 3. The number of benzene rings is 2. The molecule has 2 aromatic carbocycles. The molecule has 2 aliphatic rings. The van der Waals surface area contributed by atoms with E-state index in [4.69, 9.17) is 4.74 Å². The first-order valence-electron chi connectivity index (χ1n) is 7.73. The monoisotopic (exact) mass is 320 g/mol. The number of methoxy groups -OCH3 is 1. The third-order valence-corrected chi connectivity index (χ3v) is 4.49. The average Bonchev–Trinajstić information content (AvgIpc) is 3.19. The Morgan fingerprint density at radius 1 is 0.917 bits per heavy atom. The molecule has 0 aromatic heterocycles. The van der Waals surface area contributed by atoms with Crippen molar-refractivity contribution in [2.24, 2.45) is 5.92 Å². The fourth-order valence-electron chi connectivity index (χ4n) is 3.21. The summed E-state index contributed by atoms with van der Waals surface area (Å²) in [6.45, 7) is 0. The van der Waals surface area contributed by atoms with Crippen molar-refractivity contribution in [3.63, 3.8) is 0 Å². The Labute approximate surface area is 139 Å². The van der Waals surface area contributed by atoms with Crippen molar-refractivity contribution in [3.05, 3.63) is 77.0 Å². The van der Waals surface area contributed by atoms with Crippen LogP contribution >= 0.6 is 0 Å². The van der Waals surface area contributed by atoms with E-state index in [1.165, 1.54) is 0 Å². The summed E-state index contributed by atoms with van der Waals surface area (Å²) in [6, 6.07) is 14.5. The summed E-state index contributed by atoms with van der Waals surface area (Å²) >= 11 is 0. The van der Waals surface area contributed by atoms with Crippen LogP contribution in [0.1, 0.15) is 32.3 Å². The van der Waals surface area contributed by atoms with Crippen LogP contribution in [0.2, 0.25) is 0 Å². The van der Waals surface area contributed by atoms with E-state index in [2.05, 4.69) is 10.9 Å². The van der Waals surface area contributed by atoms with Crippen LogP contribution in [0.3, 0.4) is 0 Å². The highest BCUT2D eigenvalue weighted by Gasteiger charge is 2.42. The van der Waals surface area contributed by atoms with E-state index in [-0.39, 0.29) is 17.6 Å². The van der Waals surface area contributed by atoms with E-state index >= 15 is 0 Å². The molecule has 1 aliphatic heterocycles. The summed E-state index contributed by atoms with van der Waals surface area (Å²) in [6.07, 6.45) is 1.90. The third-order valence-electron chi connectivity index (χ3n) is 4.49. The summed E-state index contributed by atoms with van der Waals surface area (Å²) < 4.78 is 5.16. The zero-order valence-electron chi connectivity index (χ0n) is 13.1. The highest BCUT2D eigenvalue weighted by molar-refractivity contribution is 6.28. The van der Waals surface area contributed by atoms with Gasteiger partial charge >= 0.3 is 0 Å². The number of hydrazine groups is 1. The first-order valence-corrected chi connectivity index (χ1v) is 7.73. The second-order valence-electron chi connectivity index (χ2n) is 5.85. The van der Waals surface area contributed by atoms with Gasteiger partial charge in [-0.1, -0.05) is 36.4 Å². The summed E-state index contributed by atoms with van der Waals surface area (Å²) in [5.41, 5.74) is 8.77. The van der Waals surface area contributed by atoms with E-state index in [1.54, 1.807) is 31.4 Å². The lowest BCUT2D eigenvalue weighted by atomic mass is 9.98. The van der Waals surface area contributed by atoms with Gasteiger partial charge in [-0.3, -0.25) is 9.59 Å². The Kier molecular flexibility index (Phi) is 3.43. The van der Waals surface area contributed by atoms with E-state index < -0.39 is 5.92 Å². The molecule has 0 saturated heterocycles. The zero-order chi connectivity index (χ0) is 16.7. The highest BCUT2D eigenvalue weighted by Crippen LogP contribution is 2.33. The van der Waals surface area contributed by atoms with Gasteiger partial charge in [0.25, 0.3) is 0 Å². The lowest BCUT2D eigenvalue weighted by Crippen LogP contribution is -2.32. The molecule has 1 aliphatic carbocycles. The first kappa shape index (κ1) is 14.7. The maximum atomic E-state index is 12.6. The average molecular weight is 320 g/mol. The molecular weight excluding hydrogens is 304 g/mol. The normalized spacial score (nSPS) is 19.9. The molecule has 0 spiro atoms. The molecule has 5 heteroatoms. The lowest BCUT2D eigenvalue weighted by Gasteiger charge is -2.10. The molecule has 1 unspecified atom stereocenters. The molecule has 0 radical (unpaired) electrons. The maximum Gasteiger partial charge on any atom is 0.180 e. The number of hydrogen-bond acceptors (Lipinski definition) is 5. The molecular formula is C19H16N2O3. The number of ether oxygens (including phenoxy) is 1. The Morgan fingerprint density at radius 3 is 2.12 bits per heavy atom. The molecule has 0 amide bonds. The van der Waals surface area contributed by atoms with Gasteiger partial charge in [0.2, 0.25) is 0 Å². The van der Waals surface area contributed by atoms with Crippen LogP contribution in [0.4, 0.5) is 0 Å². The predicted molar refractivity (Wildman–Crippen MR) is 88.7 cm³/mol. The molecule has 4 rings (SSSR count). The topological polar surface area (TPSA) is 67.4 Å². The van der Waals surface area contributed by atoms with Crippen LogP contribution in [0.25, 0.3) is 0 Å². The van der Waals surface area contributed by atoms with E-state index in [1.807, 2.05) is 30.3 Å². The molecule has 1 atom stereocenters. The van der Waals surface area contributed by atoms with Crippen molar-refractivity contribution in [1.82, 2.24) is 10.9 Å². The SMILES string of the molecule is COc1ccc(C2C=C(C3C(=O)c4ccccc4C3=O)NN2)cc1.